The molecular formula is C21H21BrN2O4S. The maximum atomic E-state index is 12.3. The summed E-state index contributed by atoms with van der Waals surface area (Å²) >= 11 is 3.33. The van der Waals surface area contributed by atoms with Crippen LogP contribution >= 0.6 is 15.9 Å². The van der Waals surface area contributed by atoms with Crippen LogP contribution in [0, 0.1) is 0 Å². The summed E-state index contributed by atoms with van der Waals surface area (Å²) in [6.45, 7) is 0.231. The zero-order chi connectivity index (χ0) is 20.9. The first-order valence-electron chi connectivity index (χ1n) is 8.95. The van der Waals surface area contributed by atoms with Crippen LogP contribution in [0.2, 0.25) is 0 Å². The van der Waals surface area contributed by atoms with Crippen LogP contribution in [0.3, 0.4) is 0 Å². The molecule has 0 heterocycles. The van der Waals surface area contributed by atoms with Crippen LogP contribution in [0.1, 0.15) is 0 Å². The number of amides is 1. The topological polar surface area (TPSA) is 75.7 Å². The van der Waals surface area contributed by atoms with E-state index in [1.807, 2.05) is 42.5 Å². The number of ether oxygens (including phenoxy) is 1. The SMILES string of the molecule is CS(=O)(=O)N(CC(=O)NCCOc1ccc2ccccc2c1)c1ccccc1Br. The quantitative estimate of drug-likeness (QED) is 0.504. The number of hydrogen-bond acceptors (Lipinski definition) is 4. The molecule has 1 amide bonds. The van der Waals surface area contributed by atoms with Crippen LogP contribution < -0.4 is 14.4 Å². The molecule has 29 heavy (non-hydrogen) atoms. The van der Waals surface area contributed by atoms with E-state index < -0.39 is 15.9 Å². The second-order valence-corrected chi connectivity index (χ2v) is 9.19. The van der Waals surface area contributed by atoms with Gasteiger partial charge in [-0.05, 0) is 51.0 Å². The number of nitrogens with one attached hydrogen (secondary N) is 1. The van der Waals surface area contributed by atoms with Gasteiger partial charge in [-0.25, -0.2) is 8.42 Å². The molecule has 0 aliphatic rings. The van der Waals surface area contributed by atoms with E-state index in [0.717, 1.165) is 21.3 Å². The first kappa shape index (κ1) is 21.1. The van der Waals surface area contributed by atoms with E-state index in [1.165, 1.54) is 0 Å². The number of carbonyl (C=O) groups is 1. The second-order valence-electron chi connectivity index (χ2n) is 6.43. The predicted molar refractivity (Wildman–Crippen MR) is 119 cm³/mol. The first-order valence-corrected chi connectivity index (χ1v) is 11.6. The van der Waals surface area contributed by atoms with Gasteiger partial charge in [0.25, 0.3) is 0 Å². The van der Waals surface area contributed by atoms with Crippen molar-refractivity contribution < 1.29 is 17.9 Å². The Morgan fingerprint density at radius 1 is 1.03 bits per heavy atom. The Labute approximate surface area is 178 Å². The molecule has 0 unspecified atom stereocenters. The van der Waals surface area contributed by atoms with Gasteiger partial charge in [-0.2, -0.15) is 0 Å². The molecule has 0 saturated carbocycles. The summed E-state index contributed by atoms with van der Waals surface area (Å²) < 4.78 is 31.6. The van der Waals surface area contributed by atoms with Crippen molar-refractivity contribution in [2.45, 2.75) is 0 Å². The minimum Gasteiger partial charge on any atom is -0.492 e. The molecule has 0 radical (unpaired) electrons. The number of fused-ring (bicyclic) bond motifs is 1. The monoisotopic (exact) mass is 476 g/mol. The van der Waals surface area contributed by atoms with Crippen molar-refractivity contribution in [3.63, 3.8) is 0 Å². The van der Waals surface area contributed by atoms with Crippen molar-refractivity contribution in [1.82, 2.24) is 5.32 Å². The van der Waals surface area contributed by atoms with E-state index in [0.29, 0.717) is 15.9 Å². The highest BCUT2D eigenvalue weighted by Gasteiger charge is 2.22. The summed E-state index contributed by atoms with van der Waals surface area (Å²) in [5.74, 6) is 0.303. The van der Waals surface area contributed by atoms with Crippen molar-refractivity contribution in [2.75, 3.05) is 30.3 Å². The van der Waals surface area contributed by atoms with Gasteiger partial charge >= 0.3 is 0 Å². The number of sulfonamides is 1. The van der Waals surface area contributed by atoms with Crippen LogP contribution in [-0.2, 0) is 14.8 Å². The highest BCUT2D eigenvalue weighted by atomic mass is 79.9. The van der Waals surface area contributed by atoms with Gasteiger partial charge in [0, 0.05) is 4.47 Å². The van der Waals surface area contributed by atoms with Gasteiger partial charge in [0.05, 0.1) is 18.5 Å². The average molecular weight is 477 g/mol. The fourth-order valence-corrected chi connectivity index (χ4v) is 4.32. The van der Waals surface area contributed by atoms with Crippen LogP contribution in [0.15, 0.2) is 71.2 Å². The largest absolute Gasteiger partial charge is 0.492 e. The second kappa shape index (κ2) is 9.28. The Morgan fingerprint density at radius 3 is 2.45 bits per heavy atom. The van der Waals surface area contributed by atoms with E-state index >= 15 is 0 Å². The molecule has 1 N–H and O–H groups in total. The molecule has 6 nitrogen and oxygen atoms in total. The minimum atomic E-state index is -3.62. The Balaban J connectivity index is 1.54. The molecule has 152 valence electrons. The maximum Gasteiger partial charge on any atom is 0.240 e. The van der Waals surface area contributed by atoms with Crippen molar-refractivity contribution in [3.05, 3.63) is 71.2 Å². The highest BCUT2D eigenvalue weighted by Crippen LogP contribution is 2.27. The lowest BCUT2D eigenvalue weighted by molar-refractivity contribution is -0.119. The third-order valence-electron chi connectivity index (χ3n) is 4.22. The molecule has 0 aromatic heterocycles. The van der Waals surface area contributed by atoms with Crippen LogP contribution in [-0.4, -0.2) is 40.3 Å². The number of benzene rings is 3. The molecule has 0 saturated heterocycles. The average Bonchev–Trinajstić information content (AvgIpc) is 2.69. The van der Waals surface area contributed by atoms with Gasteiger partial charge in [-0.1, -0.05) is 42.5 Å². The van der Waals surface area contributed by atoms with E-state index in [4.69, 9.17) is 4.74 Å². The Morgan fingerprint density at radius 2 is 1.72 bits per heavy atom. The standard InChI is InChI=1S/C21H21BrN2O4S/c1-29(26,27)24(20-9-5-4-8-19(20)22)15-21(25)23-12-13-28-18-11-10-16-6-2-3-7-17(16)14-18/h2-11,14H,12-13,15H2,1H3,(H,23,25). The summed E-state index contributed by atoms with van der Waals surface area (Å²) in [5, 5.41) is 4.90. The molecule has 3 aromatic rings. The number of halogens is 1. The first-order chi connectivity index (χ1) is 13.8. The van der Waals surface area contributed by atoms with Gasteiger partial charge in [0.1, 0.15) is 18.9 Å². The third-order valence-corrected chi connectivity index (χ3v) is 6.02. The number of para-hydroxylation sites is 1. The summed E-state index contributed by atoms with van der Waals surface area (Å²) in [6, 6.07) is 20.6. The lowest BCUT2D eigenvalue weighted by Gasteiger charge is -2.23. The fourth-order valence-electron chi connectivity index (χ4n) is 2.84. The van der Waals surface area contributed by atoms with Crippen molar-refractivity contribution in [2.24, 2.45) is 0 Å². The van der Waals surface area contributed by atoms with Crippen molar-refractivity contribution in [3.8, 4) is 5.75 Å². The van der Waals surface area contributed by atoms with Crippen LogP contribution in [0.4, 0.5) is 5.69 Å². The number of rotatable bonds is 8. The van der Waals surface area contributed by atoms with E-state index in [9.17, 15) is 13.2 Å². The van der Waals surface area contributed by atoms with Crippen LogP contribution in [0.5, 0.6) is 5.75 Å². The maximum absolute atomic E-state index is 12.3. The molecule has 0 aliphatic heterocycles. The third kappa shape index (κ3) is 5.71. The van der Waals surface area contributed by atoms with Crippen molar-refractivity contribution in [1.29, 1.82) is 0 Å². The van der Waals surface area contributed by atoms with Gasteiger partial charge in [-0.15, -0.1) is 0 Å². The Bertz CT molecular complexity index is 1120. The molecular weight excluding hydrogens is 456 g/mol. The fraction of sp³-hybridized carbons (Fsp3) is 0.190. The van der Waals surface area contributed by atoms with E-state index in [2.05, 4.69) is 21.2 Å². The van der Waals surface area contributed by atoms with Gasteiger partial charge in [0.15, 0.2) is 0 Å². The Kier molecular flexibility index (Phi) is 6.76. The molecule has 0 bridgehead atoms. The number of anilines is 1. The highest BCUT2D eigenvalue weighted by molar-refractivity contribution is 9.10. The molecule has 8 heteroatoms. The number of carbonyl (C=O) groups excluding carboxylic acids is 1. The smallest absolute Gasteiger partial charge is 0.240 e. The summed E-state index contributed by atoms with van der Waals surface area (Å²) in [5.41, 5.74) is 0.414. The Hall–Kier alpha value is -2.58. The van der Waals surface area contributed by atoms with Gasteiger partial charge in [-0.3, -0.25) is 9.10 Å². The zero-order valence-corrected chi connectivity index (χ0v) is 18.2. The summed E-state index contributed by atoms with van der Waals surface area (Å²) in [6.07, 6.45) is 1.07. The van der Waals surface area contributed by atoms with Gasteiger partial charge in [0.2, 0.25) is 15.9 Å². The molecule has 0 fully saturated rings. The molecule has 3 rings (SSSR count). The van der Waals surface area contributed by atoms with E-state index in [-0.39, 0.29) is 19.7 Å². The summed E-state index contributed by atoms with van der Waals surface area (Å²) in [7, 11) is -3.62. The minimum absolute atomic E-state index is 0.263. The lowest BCUT2D eigenvalue weighted by atomic mass is 10.1. The van der Waals surface area contributed by atoms with E-state index in [1.54, 1.807) is 24.3 Å². The number of nitrogens with zero attached hydrogens (tertiary/aromatic N) is 1. The normalized spacial score (nSPS) is 11.2. The molecule has 0 spiro atoms. The molecule has 0 aliphatic carbocycles. The van der Waals surface area contributed by atoms with Crippen molar-refractivity contribution >= 4 is 48.3 Å². The molecule has 0 atom stereocenters. The van der Waals surface area contributed by atoms with Crippen LogP contribution in [0.25, 0.3) is 10.8 Å². The number of hydrogen-bond donors (Lipinski definition) is 1. The zero-order valence-electron chi connectivity index (χ0n) is 15.8. The molecule has 3 aromatic carbocycles. The predicted octanol–water partition coefficient (Wildman–Crippen LogP) is 3.56. The van der Waals surface area contributed by atoms with Gasteiger partial charge < -0.3 is 10.1 Å². The summed E-state index contributed by atoms with van der Waals surface area (Å²) in [4.78, 5) is 12.3. The lowest BCUT2D eigenvalue weighted by Crippen LogP contribution is -2.41.